The Morgan fingerprint density at radius 2 is 1.75 bits per heavy atom. The zero-order valence-electron chi connectivity index (χ0n) is 7.71. The van der Waals surface area contributed by atoms with Crippen molar-refractivity contribution in [2.75, 3.05) is 0 Å². The van der Waals surface area contributed by atoms with Crippen LogP contribution in [0, 0.1) is 0 Å². The molecule has 0 aliphatic rings. The molecule has 4 nitrogen and oxygen atoms in total. The van der Waals surface area contributed by atoms with Gasteiger partial charge in [0, 0.05) is 0 Å². The zero-order chi connectivity index (χ0) is 11.9. The molecule has 0 saturated carbocycles. The predicted molar refractivity (Wildman–Crippen MR) is 50.1 cm³/mol. The highest BCUT2D eigenvalue weighted by atomic mass is 19.4. The van der Waals surface area contributed by atoms with E-state index in [0.29, 0.717) is 0 Å². The first-order valence-corrected chi connectivity index (χ1v) is 4.22. The Morgan fingerprint density at radius 1 is 1.12 bits per heavy atom. The second-order valence-electron chi connectivity index (χ2n) is 3.08. The van der Waals surface area contributed by atoms with Crippen molar-refractivity contribution in [2.45, 2.75) is 6.30 Å². The molecule has 0 fully saturated rings. The van der Waals surface area contributed by atoms with Crippen molar-refractivity contribution in [3.8, 4) is 0 Å². The summed E-state index contributed by atoms with van der Waals surface area (Å²) >= 11 is 0. The summed E-state index contributed by atoms with van der Waals surface area (Å²) in [5, 5.41) is -0.181. The van der Waals surface area contributed by atoms with Crippen LogP contribution in [0.2, 0.25) is 0 Å². The second kappa shape index (κ2) is 3.22. The van der Waals surface area contributed by atoms with Crippen molar-refractivity contribution < 1.29 is 13.2 Å². The third kappa shape index (κ3) is 1.50. The maximum absolute atomic E-state index is 12.6. The molecule has 84 valence electrons. The Bertz CT molecular complexity index is 654. The Hall–Kier alpha value is -2.05. The Balaban J connectivity index is 3.05. The molecule has 0 aliphatic heterocycles. The molecule has 0 atom stereocenters. The molecule has 1 N–H and O–H groups in total. The van der Waals surface area contributed by atoms with Crippen LogP contribution < -0.4 is 11.2 Å². The molecule has 7 heteroatoms. The number of hydrogen-bond donors (Lipinski definition) is 1. The van der Waals surface area contributed by atoms with Crippen molar-refractivity contribution in [1.82, 2.24) is 9.55 Å². The summed E-state index contributed by atoms with van der Waals surface area (Å²) in [6.45, 7) is 0. The maximum atomic E-state index is 12.6. The van der Waals surface area contributed by atoms with Gasteiger partial charge in [0.15, 0.2) is 0 Å². The number of rotatable bonds is 0. The van der Waals surface area contributed by atoms with E-state index in [9.17, 15) is 22.8 Å². The minimum Gasteiger partial charge on any atom is -0.273 e. The first-order chi connectivity index (χ1) is 7.41. The van der Waals surface area contributed by atoms with E-state index in [1.165, 1.54) is 18.2 Å². The first-order valence-electron chi connectivity index (χ1n) is 4.22. The predicted octanol–water partition coefficient (Wildman–Crippen LogP) is 1.17. The van der Waals surface area contributed by atoms with Crippen LogP contribution in [-0.4, -0.2) is 9.55 Å². The molecule has 2 aromatic rings. The average Bonchev–Trinajstić information content (AvgIpc) is 2.15. The van der Waals surface area contributed by atoms with Crippen LogP contribution in [0.4, 0.5) is 13.2 Å². The van der Waals surface area contributed by atoms with Gasteiger partial charge in [-0.05, 0) is 12.1 Å². The summed E-state index contributed by atoms with van der Waals surface area (Å²) in [6.07, 6.45) is -4.86. The van der Waals surface area contributed by atoms with Gasteiger partial charge in [0.05, 0.1) is 10.9 Å². The van der Waals surface area contributed by atoms with E-state index in [2.05, 4.69) is 0 Å². The molecular weight excluding hydrogens is 225 g/mol. The average molecular weight is 230 g/mol. The molecule has 0 radical (unpaired) electrons. The summed E-state index contributed by atoms with van der Waals surface area (Å²) in [5.74, 6) is 0. The van der Waals surface area contributed by atoms with Crippen LogP contribution in [0.1, 0.15) is 0 Å². The van der Waals surface area contributed by atoms with Crippen LogP contribution in [0.15, 0.2) is 33.9 Å². The highest BCUT2D eigenvalue weighted by molar-refractivity contribution is 5.77. The van der Waals surface area contributed by atoms with Gasteiger partial charge in [0.2, 0.25) is 0 Å². The fourth-order valence-electron chi connectivity index (χ4n) is 1.44. The van der Waals surface area contributed by atoms with E-state index in [0.717, 1.165) is 6.07 Å². The number of hydrogen-bond acceptors (Lipinski definition) is 2. The molecule has 2 rings (SSSR count). The van der Waals surface area contributed by atoms with Crippen LogP contribution in [0.3, 0.4) is 0 Å². The number of aromatic nitrogens is 2. The van der Waals surface area contributed by atoms with Crippen molar-refractivity contribution in [3.63, 3.8) is 0 Å². The van der Waals surface area contributed by atoms with Crippen molar-refractivity contribution in [2.24, 2.45) is 0 Å². The van der Waals surface area contributed by atoms with E-state index in [1.807, 2.05) is 0 Å². The summed E-state index contributed by atoms with van der Waals surface area (Å²) in [7, 11) is 0. The molecule has 0 unspecified atom stereocenters. The van der Waals surface area contributed by atoms with Gasteiger partial charge < -0.3 is 0 Å². The monoisotopic (exact) mass is 230 g/mol. The number of benzene rings is 1. The van der Waals surface area contributed by atoms with Crippen LogP contribution in [0.25, 0.3) is 10.9 Å². The highest BCUT2D eigenvalue weighted by Gasteiger charge is 2.34. The van der Waals surface area contributed by atoms with Gasteiger partial charge in [-0.1, -0.05) is 12.1 Å². The highest BCUT2D eigenvalue weighted by Crippen LogP contribution is 2.23. The Morgan fingerprint density at radius 3 is 2.38 bits per heavy atom. The van der Waals surface area contributed by atoms with Crippen molar-refractivity contribution in [3.05, 3.63) is 45.1 Å². The van der Waals surface area contributed by atoms with E-state index < -0.39 is 27.6 Å². The topological polar surface area (TPSA) is 54.9 Å². The lowest BCUT2D eigenvalue weighted by Gasteiger charge is -2.11. The quantitative estimate of drug-likeness (QED) is 0.738. The number of fused-ring (bicyclic) bond motifs is 1. The number of H-pyrrole nitrogens is 1. The zero-order valence-corrected chi connectivity index (χ0v) is 7.71. The normalized spacial score (nSPS) is 11.9. The van der Waals surface area contributed by atoms with E-state index in [-0.39, 0.29) is 5.39 Å². The number of nitrogens with one attached hydrogen (secondary N) is 1. The number of halogens is 3. The van der Waals surface area contributed by atoms with Crippen LogP contribution >= 0.6 is 0 Å². The molecule has 0 amide bonds. The third-order valence-electron chi connectivity index (χ3n) is 2.07. The summed E-state index contributed by atoms with van der Waals surface area (Å²) in [5.41, 5.74) is -2.78. The van der Waals surface area contributed by atoms with E-state index in [1.54, 1.807) is 4.98 Å². The van der Waals surface area contributed by atoms with Crippen molar-refractivity contribution >= 4 is 10.9 Å². The van der Waals surface area contributed by atoms with Gasteiger partial charge >= 0.3 is 12.0 Å². The lowest BCUT2D eigenvalue weighted by Crippen LogP contribution is -2.37. The Labute approximate surface area is 85.9 Å². The minimum absolute atomic E-state index is 0.181. The van der Waals surface area contributed by atoms with Gasteiger partial charge in [-0.15, -0.1) is 13.2 Å². The SMILES string of the molecule is O=c1[nH]c(=O)n(C(F)(F)F)c2ccccc12. The standard InChI is InChI=1S/C9H5F3N2O2/c10-9(11,12)14-6-4-2-1-3-5(6)7(15)13-8(14)16/h1-4H,(H,13,15,16). The summed E-state index contributed by atoms with van der Waals surface area (Å²) in [6, 6.07) is 5.03. The summed E-state index contributed by atoms with van der Waals surface area (Å²) < 4.78 is 37.3. The fraction of sp³-hybridized carbons (Fsp3) is 0.111. The second-order valence-corrected chi connectivity index (χ2v) is 3.08. The molecule has 0 bridgehead atoms. The Kier molecular flexibility index (Phi) is 2.11. The van der Waals surface area contributed by atoms with E-state index in [4.69, 9.17) is 0 Å². The molecule has 1 aromatic carbocycles. The molecule has 16 heavy (non-hydrogen) atoms. The fourth-order valence-corrected chi connectivity index (χ4v) is 1.44. The minimum atomic E-state index is -4.86. The van der Waals surface area contributed by atoms with E-state index >= 15 is 0 Å². The maximum Gasteiger partial charge on any atom is 0.493 e. The molecular formula is C9H5F3N2O2. The smallest absolute Gasteiger partial charge is 0.273 e. The van der Waals surface area contributed by atoms with Crippen molar-refractivity contribution in [1.29, 1.82) is 0 Å². The number of nitrogens with zero attached hydrogens (tertiary/aromatic N) is 1. The third-order valence-corrected chi connectivity index (χ3v) is 2.07. The molecule has 0 spiro atoms. The largest absolute Gasteiger partial charge is 0.493 e. The lowest BCUT2D eigenvalue weighted by atomic mass is 10.2. The molecule has 1 heterocycles. The van der Waals surface area contributed by atoms with Gasteiger partial charge in [-0.2, -0.15) is 0 Å². The molecule has 1 aromatic heterocycles. The molecule has 0 saturated heterocycles. The number of alkyl halides is 3. The molecule has 0 aliphatic carbocycles. The lowest BCUT2D eigenvalue weighted by molar-refractivity contribution is -0.203. The number of aromatic amines is 1. The number of para-hydroxylation sites is 1. The first kappa shape index (κ1) is 10.5. The van der Waals surface area contributed by atoms with Crippen LogP contribution in [-0.2, 0) is 6.30 Å². The van der Waals surface area contributed by atoms with Gasteiger partial charge in [-0.3, -0.25) is 9.78 Å². The van der Waals surface area contributed by atoms with Gasteiger partial charge in [0.1, 0.15) is 0 Å². The van der Waals surface area contributed by atoms with Gasteiger partial charge in [0.25, 0.3) is 5.56 Å². The van der Waals surface area contributed by atoms with Crippen LogP contribution in [0.5, 0.6) is 0 Å². The van der Waals surface area contributed by atoms with Gasteiger partial charge in [-0.25, -0.2) is 9.36 Å². The summed E-state index contributed by atoms with van der Waals surface area (Å²) in [4.78, 5) is 24.0.